The van der Waals surface area contributed by atoms with Crippen molar-refractivity contribution in [1.29, 1.82) is 0 Å². The first kappa shape index (κ1) is 10.6. The molecule has 0 radical (unpaired) electrons. The Balaban J connectivity index is 2.96. The van der Waals surface area contributed by atoms with Gasteiger partial charge in [-0.15, -0.1) is 0 Å². The molecule has 0 aliphatic carbocycles. The Labute approximate surface area is 95.0 Å². The minimum Gasteiger partial charge on any atom is -0.344 e. The summed E-state index contributed by atoms with van der Waals surface area (Å²) in [6, 6.07) is 4.63. The molecule has 5 nitrogen and oxygen atoms in total. The van der Waals surface area contributed by atoms with Crippen molar-refractivity contribution >= 4 is 28.2 Å². The third kappa shape index (κ3) is 1.55. The summed E-state index contributed by atoms with van der Waals surface area (Å²) in [6.07, 6.45) is 1.20. The molecule has 0 fully saturated rings. The lowest BCUT2D eigenvalue weighted by molar-refractivity contribution is -0.386. The smallest absolute Gasteiger partial charge is 0.332 e. The largest absolute Gasteiger partial charge is 0.344 e. The van der Waals surface area contributed by atoms with E-state index in [1.807, 2.05) is 0 Å². The predicted octanol–water partition coefficient (Wildman–Crippen LogP) is 2.10. The molecule has 2 rings (SSSR count). The fraction of sp³-hybridized carbons (Fsp3) is 0.100. The summed E-state index contributed by atoms with van der Waals surface area (Å²) >= 11 is 5.80. The molecule has 0 spiro atoms. The van der Waals surface area contributed by atoms with Crippen LogP contribution in [0.1, 0.15) is 0 Å². The second kappa shape index (κ2) is 3.61. The number of aromatic nitrogens is 1. The van der Waals surface area contributed by atoms with Gasteiger partial charge in [0, 0.05) is 12.1 Å². The minimum absolute atomic E-state index is 0.293. The van der Waals surface area contributed by atoms with Crippen LogP contribution in [0.2, 0.25) is 5.02 Å². The van der Waals surface area contributed by atoms with Crippen LogP contribution in [-0.4, -0.2) is 9.49 Å². The molecule has 0 atom stereocenters. The first-order chi connectivity index (χ1) is 7.50. The summed E-state index contributed by atoms with van der Waals surface area (Å²) in [6.45, 7) is 0. The molecule has 0 amide bonds. The number of rotatable bonds is 1. The van der Waals surface area contributed by atoms with Crippen LogP contribution in [0.5, 0.6) is 0 Å². The SMILES string of the molecule is Cn1cc([N+](=O)[O-])c(=O)c2ccc(Cl)cc21. The second-order valence-corrected chi connectivity index (χ2v) is 3.81. The topological polar surface area (TPSA) is 65.1 Å². The molecule has 0 aliphatic rings. The summed E-state index contributed by atoms with van der Waals surface area (Å²) < 4.78 is 1.51. The van der Waals surface area contributed by atoms with Gasteiger partial charge in [-0.05, 0) is 18.2 Å². The molecule has 0 N–H and O–H groups in total. The normalized spacial score (nSPS) is 10.6. The molecule has 2 aromatic rings. The van der Waals surface area contributed by atoms with Crippen LogP contribution in [0.15, 0.2) is 29.2 Å². The van der Waals surface area contributed by atoms with E-state index in [-0.39, 0.29) is 0 Å². The molecule has 0 aliphatic heterocycles. The van der Waals surface area contributed by atoms with Crippen LogP contribution < -0.4 is 5.43 Å². The number of fused-ring (bicyclic) bond motifs is 1. The quantitative estimate of drug-likeness (QED) is 0.564. The molecule has 0 saturated carbocycles. The Morgan fingerprint density at radius 1 is 1.44 bits per heavy atom. The number of nitro groups is 1. The Hall–Kier alpha value is -1.88. The highest BCUT2D eigenvalue weighted by Crippen LogP contribution is 2.18. The molecule has 1 aromatic heterocycles. The molecule has 16 heavy (non-hydrogen) atoms. The number of halogens is 1. The number of aryl methyl sites for hydroxylation is 1. The van der Waals surface area contributed by atoms with Crippen molar-refractivity contribution in [3.8, 4) is 0 Å². The number of pyridine rings is 1. The molecule has 6 heteroatoms. The van der Waals surface area contributed by atoms with Crippen LogP contribution >= 0.6 is 11.6 Å². The highest BCUT2D eigenvalue weighted by Gasteiger charge is 2.16. The van der Waals surface area contributed by atoms with Crippen LogP contribution in [0, 0.1) is 10.1 Å². The maximum absolute atomic E-state index is 11.7. The summed E-state index contributed by atoms with van der Waals surface area (Å²) in [5.41, 5.74) is -0.449. The van der Waals surface area contributed by atoms with Gasteiger partial charge < -0.3 is 4.57 Å². The Morgan fingerprint density at radius 3 is 2.75 bits per heavy atom. The predicted molar refractivity (Wildman–Crippen MR) is 60.9 cm³/mol. The van der Waals surface area contributed by atoms with Crippen molar-refractivity contribution in [3.05, 3.63) is 49.8 Å². The standard InChI is InChI=1S/C10H7ClN2O3/c1-12-5-9(13(15)16)10(14)7-3-2-6(11)4-8(7)12/h2-5H,1H3. The molecule has 1 aromatic carbocycles. The second-order valence-electron chi connectivity index (χ2n) is 3.37. The van der Waals surface area contributed by atoms with E-state index in [1.54, 1.807) is 13.1 Å². The van der Waals surface area contributed by atoms with Crippen molar-refractivity contribution in [2.45, 2.75) is 0 Å². The van der Waals surface area contributed by atoms with Gasteiger partial charge in [-0.1, -0.05) is 11.6 Å². The van der Waals surface area contributed by atoms with Gasteiger partial charge in [0.15, 0.2) is 0 Å². The van der Waals surface area contributed by atoms with E-state index in [0.717, 1.165) is 0 Å². The summed E-state index contributed by atoms with van der Waals surface area (Å²) in [5, 5.41) is 11.4. The zero-order chi connectivity index (χ0) is 11.9. The first-order valence-corrected chi connectivity index (χ1v) is 4.82. The van der Waals surface area contributed by atoms with Gasteiger partial charge in [0.05, 0.1) is 22.0 Å². The van der Waals surface area contributed by atoms with Crippen LogP contribution in [0.25, 0.3) is 10.9 Å². The maximum atomic E-state index is 11.7. The van der Waals surface area contributed by atoms with Crippen molar-refractivity contribution in [1.82, 2.24) is 4.57 Å². The molecule has 82 valence electrons. The molecule has 0 unspecified atom stereocenters. The Kier molecular flexibility index (Phi) is 2.40. The summed E-state index contributed by atoms with van der Waals surface area (Å²) in [5.74, 6) is 0. The molecule has 0 bridgehead atoms. The third-order valence-electron chi connectivity index (χ3n) is 2.33. The van der Waals surface area contributed by atoms with Gasteiger partial charge in [-0.2, -0.15) is 0 Å². The minimum atomic E-state index is -0.684. The van der Waals surface area contributed by atoms with E-state index in [1.165, 1.54) is 22.9 Å². The van der Waals surface area contributed by atoms with E-state index < -0.39 is 16.0 Å². The molecule has 1 heterocycles. The van der Waals surface area contributed by atoms with E-state index in [4.69, 9.17) is 11.6 Å². The van der Waals surface area contributed by atoms with Crippen LogP contribution in [0.4, 0.5) is 5.69 Å². The number of nitrogens with zero attached hydrogens (tertiary/aromatic N) is 2. The average Bonchev–Trinajstić information content (AvgIpc) is 2.22. The first-order valence-electron chi connectivity index (χ1n) is 4.44. The monoisotopic (exact) mass is 238 g/mol. The molecular formula is C10H7ClN2O3. The van der Waals surface area contributed by atoms with Gasteiger partial charge >= 0.3 is 5.69 Å². The Morgan fingerprint density at radius 2 is 2.12 bits per heavy atom. The van der Waals surface area contributed by atoms with Crippen molar-refractivity contribution < 1.29 is 4.92 Å². The van der Waals surface area contributed by atoms with Gasteiger partial charge in [0.1, 0.15) is 0 Å². The third-order valence-corrected chi connectivity index (χ3v) is 2.56. The van der Waals surface area contributed by atoms with Crippen molar-refractivity contribution in [3.63, 3.8) is 0 Å². The zero-order valence-electron chi connectivity index (χ0n) is 8.31. The lowest BCUT2D eigenvalue weighted by Crippen LogP contribution is -2.12. The average molecular weight is 239 g/mol. The van der Waals surface area contributed by atoms with Crippen LogP contribution in [0.3, 0.4) is 0 Å². The molecular weight excluding hydrogens is 232 g/mol. The zero-order valence-corrected chi connectivity index (χ0v) is 9.06. The lowest BCUT2D eigenvalue weighted by Gasteiger charge is -2.04. The van der Waals surface area contributed by atoms with E-state index >= 15 is 0 Å². The summed E-state index contributed by atoms with van der Waals surface area (Å²) in [4.78, 5) is 21.7. The fourth-order valence-electron chi connectivity index (χ4n) is 1.57. The number of benzene rings is 1. The van der Waals surface area contributed by atoms with Gasteiger partial charge in [-0.25, -0.2) is 0 Å². The number of hydrogen-bond donors (Lipinski definition) is 0. The van der Waals surface area contributed by atoms with Gasteiger partial charge in [-0.3, -0.25) is 14.9 Å². The Bertz CT molecular complexity index is 648. The van der Waals surface area contributed by atoms with E-state index in [2.05, 4.69) is 0 Å². The van der Waals surface area contributed by atoms with Gasteiger partial charge in [0.2, 0.25) is 0 Å². The highest BCUT2D eigenvalue weighted by molar-refractivity contribution is 6.31. The lowest BCUT2D eigenvalue weighted by atomic mass is 10.2. The van der Waals surface area contributed by atoms with E-state index in [0.29, 0.717) is 15.9 Å². The maximum Gasteiger partial charge on any atom is 0.332 e. The molecule has 0 saturated heterocycles. The fourth-order valence-corrected chi connectivity index (χ4v) is 1.73. The van der Waals surface area contributed by atoms with Gasteiger partial charge in [0.25, 0.3) is 5.43 Å². The van der Waals surface area contributed by atoms with E-state index in [9.17, 15) is 14.9 Å². The van der Waals surface area contributed by atoms with Crippen LogP contribution in [-0.2, 0) is 7.05 Å². The van der Waals surface area contributed by atoms with Crippen molar-refractivity contribution in [2.75, 3.05) is 0 Å². The van der Waals surface area contributed by atoms with Crippen molar-refractivity contribution in [2.24, 2.45) is 7.05 Å². The summed E-state index contributed by atoms with van der Waals surface area (Å²) in [7, 11) is 1.63. The highest BCUT2D eigenvalue weighted by atomic mass is 35.5. The number of hydrogen-bond acceptors (Lipinski definition) is 3.